The third kappa shape index (κ3) is 7.48. The first-order chi connectivity index (χ1) is 17.6. The highest BCUT2D eigenvalue weighted by Gasteiger charge is 2.47. The van der Waals surface area contributed by atoms with Gasteiger partial charge in [0, 0.05) is 6.92 Å². The second-order valence-corrected chi connectivity index (χ2v) is 8.97. The minimum Gasteiger partial charge on any atom is -0.463 e. The smallest absolute Gasteiger partial charge is 0.302 e. The average Bonchev–Trinajstić information content (AvgIpc) is 2.91. The molecule has 0 amide bonds. The highest BCUT2D eigenvalue weighted by molar-refractivity contribution is 5.65. The van der Waals surface area contributed by atoms with Crippen LogP contribution in [0.2, 0.25) is 0 Å². The molecule has 0 aromatic heterocycles. The number of carbonyl (C=O) groups excluding carboxylic acids is 1. The number of ether oxygens (including phenoxy) is 5. The van der Waals surface area contributed by atoms with Gasteiger partial charge in [0.1, 0.15) is 31.0 Å². The maximum absolute atomic E-state index is 11.6. The van der Waals surface area contributed by atoms with Crippen LogP contribution in [0.3, 0.4) is 0 Å². The molecule has 0 radical (unpaired) electrons. The molecule has 6 heteroatoms. The lowest BCUT2D eigenvalue weighted by Gasteiger charge is -2.45. The summed E-state index contributed by atoms with van der Waals surface area (Å²) in [5.41, 5.74) is 3.15. The third-order valence-electron chi connectivity index (χ3n) is 6.17. The van der Waals surface area contributed by atoms with Crippen molar-refractivity contribution in [2.75, 3.05) is 6.61 Å². The first-order valence-corrected chi connectivity index (χ1v) is 12.4. The largest absolute Gasteiger partial charge is 0.463 e. The highest BCUT2D eigenvalue weighted by Crippen LogP contribution is 2.30. The van der Waals surface area contributed by atoms with Crippen LogP contribution in [0, 0.1) is 0 Å². The van der Waals surface area contributed by atoms with E-state index >= 15 is 0 Å². The number of benzene rings is 3. The van der Waals surface area contributed by atoms with Crippen LogP contribution in [0.5, 0.6) is 0 Å². The molecule has 0 bridgehead atoms. The summed E-state index contributed by atoms with van der Waals surface area (Å²) in [5, 5.41) is 0. The van der Waals surface area contributed by atoms with Gasteiger partial charge in [0.05, 0.1) is 25.9 Å². The van der Waals surface area contributed by atoms with Gasteiger partial charge in [0.15, 0.2) is 0 Å². The SMILES string of the molecule is CC(=O)OC[C@@H]1OC(C)[C@@H](OCc2ccccc2)C(OCc2ccccc2)C1OCc1ccccc1. The molecular formula is C30H34O6. The van der Waals surface area contributed by atoms with E-state index in [1.54, 1.807) is 0 Å². The lowest BCUT2D eigenvalue weighted by Crippen LogP contribution is -2.60. The number of hydrogen-bond acceptors (Lipinski definition) is 6. The third-order valence-corrected chi connectivity index (χ3v) is 6.17. The summed E-state index contributed by atoms with van der Waals surface area (Å²) in [6.07, 6.45) is -2.13. The van der Waals surface area contributed by atoms with Crippen molar-refractivity contribution in [2.45, 2.75) is 64.2 Å². The fraction of sp³-hybridized carbons (Fsp3) is 0.367. The lowest BCUT2D eigenvalue weighted by molar-refractivity contribution is -0.267. The minimum absolute atomic E-state index is 0.0791. The normalized spacial score (nSPS) is 23.8. The van der Waals surface area contributed by atoms with E-state index in [4.69, 9.17) is 23.7 Å². The fourth-order valence-corrected chi connectivity index (χ4v) is 4.35. The van der Waals surface area contributed by atoms with Crippen LogP contribution in [0.4, 0.5) is 0 Å². The van der Waals surface area contributed by atoms with Crippen molar-refractivity contribution in [3.8, 4) is 0 Å². The number of carbonyl (C=O) groups is 1. The lowest BCUT2D eigenvalue weighted by atomic mass is 9.94. The molecule has 4 rings (SSSR count). The summed E-state index contributed by atoms with van der Waals surface area (Å²) in [7, 11) is 0. The van der Waals surface area contributed by atoms with Crippen LogP contribution in [0.25, 0.3) is 0 Å². The van der Waals surface area contributed by atoms with E-state index in [0.717, 1.165) is 16.7 Å². The molecule has 1 aliphatic heterocycles. The van der Waals surface area contributed by atoms with Crippen molar-refractivity contribution in [3.63, 3.8) is 0 Å². The number of rotatable bonds is 11. The average molecular weight is 491 g/mol. The van der Waals surface area contributed by atoms with E-state index in [1.807, 2.05) is 97.9 Å². The van der Waals surface area contributed by atoms with Gasteiger partial charge in [0.25, 0.3) is 0 Å². The van der Waals surface area contributed by atoms with Crippen molar-refractivity contribution in [3.05, 3.63) is 108 Å². The molecule has 1 saturated heterocycles. The summed E-state index contributed by atoms with van der Waals surface area (Å²) >= 11 is 0. The predicted octanol–water partition coefficient (Wildman–Crippen LogP) is 5.09. The zero-order valence-corrected chi connectivity index (χ0v) is 20.8. The van der Waals surface area contributed by atoms with Crippen molar-refractivity contribution in [1.82, 2.24) is 0 Å². The van der Waals surface area contributed by atoms with E-state index in [0.29, 0.717) is 19.8 Å². The van der Waals surface area contributed by atoms with Gasteiger partial charge in [-0.15, -0.1) is 0 Å². The Labute approximate surface area is 213 Å². The second-order valence-electron chi connectivity index (χ2n) is 8.97. The first-order valence-electron chi connectivity index (χ1n) is 12.4. The van der Waals surface area contributed by atoms with E-state index in [9.17, 15) is 4.79 Å². The van der Waals surface area contributed by atoms with Crippen LogP contribution in [-0.2, 0) is 48.3 Å². The van der Waals surface area contributed by atoms with Gasteiger partial charge in [-0.05, 0) is 23.6 Å². The van der Waals surface area contributed by atoms with Crippen LogP contribution in [0.15, 0.2) is 91.0 Å². The summed E-state index contributed by atoms with van der Waals surface area (Å²) in [5.74, 6) is -0.364. The van der Waals surface area contributed by atoms with E-state index < -0.39 is 18.3 Å². The Hall–Kier alpha value is -3.03. The Morgan fingerprint density at radius 1 is 0.667 bits per heavy atom. The Bertz CT molecular complexity index is 1040. The van der Waals surface area contributed by atoms with E-state index in [2.05, 4.69) is 0 Å². The van der Waals surface area contributed by atoms with Gasteiger partial charge in [0.2, 0.25) is 0 Å². The molecular weight excluding hydrogens is 456 g/mol. The fourth-order valence-electron chi connectivity index (χ4n) is 4.35. The molecule has 0 aliphatic carbocycles. The molecule has 1 aliphatic rings. The Morgan fingerprint density at radius 3 is 1.53 bits per heavy atom. The van der Waals surface area contributed by atoms with Crippen LogP contribution in [0.1, 0.15) is 30.5 Å². The highest BCUT2D eigenvalue weighted by atomic mass is 16.6. The summed E-state index contributed by atoms with van der Waals surface area (Å²) in [6.45, 7) is 4.62. The maximum Gasteiger partial charge on any atom is 0.302 e. The molecule has 0 saturated carbocycles. The standard InChI is InChI=1S/C30H34O6/c1-22-28(33-18-24-12-6-3-7-13-24)30(35-20-26-16-10-5-11-17-26)29(27(36-22)21-32-23(2)31)34-19-25-14-8-4-9-15-25/h3-17,22,27-30H,18-21H2,1-2H3/t22?,27-,28+,29?,30?/m0/s1. The topological polar surface area (TPSA) is 63.2 Å². The van der Waals surface area contributed by atoms with Gasteiger partial charge in [-0.3, -0.25) is 4.79 Å². The van der Waals surface area contributed by atoms with Crippen molar-refractivity contribution < 1.29 is 28.5 Å². The molecule has 6 nitrogen and oxygen atoms in total. The van der Waals surface area contributed by atoms with Crippen LogP contribution < -0.4 is 0 Å². The van der Waals surface area contributed by atoms with Gasteiger partial charge in [-0.2, -0.15) is 0 Å². The van der Waals surface area contributed by atoms with E-state index in [1.165, 1.54) is 6.92 Å². The van der Waals surface area contributed by atoms with Crippen LogP contribution >= 0.6 is 0 Å². The monoisotopic (exact) mass is 490 g/mol. The maximum atomic E-state index is 11.6. The van der Waals surface area contributed by atoms with Crippen molar-refractivity contribution >= 4 is 5.97 Å². The molecule has 190 valence electrons. The van der Waals surface area contributed by atoms with Gasteiger partial charge >= 0.3 is 5.97 Å². The summed E-state index contributed by atoms with van der Waals surface area (Å²) in [4.78, 5) is 11.6. The predicted molar refractivity (Wildman–Crippen MR) is 136 cm³/mol. The van der Waals surface area contributed by atoms with Gasteiger partial charge in [-0.25, -0.2) is 0 Å². The molecule has 3 unspecified atom stereocenters. The Morgan fingerprint density at radius 2 is 1.08 bits per heavy atom. The summed E-state index contributed by atoms with van der Waals surface area (Å²) in [6, 6.07) is 30.0. The van der Waals surface area contributed by atoms with Gasteiger partial charge < -0.3 is 23.7 Å². The quantitative estimate of drug-likeness (QED) is 0.349. The molecule has 36 heavy (non-hydrogen) atoms. The molecule has 3 aromatic rings. The van der Waals surface area contributed by atoms with Crippen molar-refractivity contribution in [2.24, 2.45) is 0 Å². The number of esters is 1. The van der Waals surface area contributed by atoms with Crippen LogP contribution in [-0.4, -0.2) is 43.1 Å². The molecule has 0 spiro atoms. The summed E-state index contributed by atoms with van der Waals surface area (Å²) < 4.78 is 31.0. The van der Waals surface area contributed by atoms with Crippen molar-refractivity contribution in [1.29, 1.82) is 0 Å². The number of hydrogen-bond donors (Lipinski definition) is 0. The minimum atomic E-state index is -0.509. The Balaban J connectivity index is 1.57. The molecule has 3 aromatic carbocycles. The molecule has 1 fully saturated rings. The van der Waals surface area contributed by atoms with E-state index in [-0.39, 0.29) is 24.8 Å². The molecule has 0 N–H and O–H groups in total. The zero-order chi connectivity index (χ0) is 25.2. The Kier molecular flexibility index (Phi) is 9.64. The first kappa shape index (κ1) is 26.0. The zero-order valence-electron chi connectivity index (χ0n) is 20.8. The second kappa shape index (κ2) is 13.3. The molecule has 5 atom stereocenters. The molecule has 1 heterocycles. The van der Waals surface area contributed by atoms with Gasteiger partial charge in [-0.1, -0.05) is 91.0 Å².